The Labute approximate surface area is 119 Å². The molecule has 2 aromatic carbocycles. The quantitative estimate of drug-likeness (QED) is 0.682. The van der Waals surface area contributed by atoms with Crippen molar-refractivity contribution >= 4 is 10.0 Å². The van der Waals surface area contributed by atoms with Crippen molar-refractivity contribution in [1.82, 2.24) is 0 Å². The maximum absolute atomic E-state index is 2.41. The Morgan fingerprint density at radius 3 is 1.89 bits per heavy atom. The third-order valence-corrected chi connectivity index (χ3v) is 6.76. The molecule has 0 aliphatic carbocycles. The van der Waals surface area contributed by atoms with Crippen LogP contribution in [0.5, 0.6) is 0 Å². The van der Waals surface area contributed by atoms with Crippen molar-refractivity contribution in [2.75, 3.05) is 12.5 Å². The highest BCUT2D eigenvalue weighted by molar-refractivity contribution is 8.32. The summed E-state index contributed by atoms with van der Waals surface area (Å²) < 4.78 is 0. The van der Waals surface area contributed by atoms with Crippen LogP contribution in [0, 0.1) is 6.92 Å². The molecule has 0 amide bonds. The second-order valence-corrected chi connectivity index (χ2v) is 9.32. The van der Waals surface area contributed by atoms with Crippen molar-refractivity contribution in [3.63, 3.8) is 0 Å². The molecule has 0 aliphatic heterocycles. The zero-order valence-corrected chi connectivity index (χ0v) is 13.4. The first-order chi connectivity index (χ1) is 8.94. The molecule has 0 saturated carbocycles. The molecule has 0 atom stereocenters. The van der Waals surface area contributed by atoms with Gasteiger partial charge in [0.2, 0.25) is 0 Å². The third kappa shape index (κ3) is 2.71. The van der Waals surface area contributed by atoms with Gasteiger partial charge in [-0.25, -0.2) is 0 Å². The van der Waals surface area contributed by atoms with Crippen LogP contribution < -0.4 is 0 Å². The third-order valence-electron chi connectivity index (χ3n) is 3.73. The average molecular weight is 272 g/mol. The Hall–Kier alpha value is -1.21. The van der Waals surface area contributed by atoms with Crippen molar-refractivity contribution in [3.8, 4) is 0 Å². The van der Waals surface area contributed by atoms with Gasteiger partial charge in [-0.2, -0.15) is 10.0 Å². The Morgan fingerprint density at radius 1 is 0.789 bits per heavy atom. The van der Waals surface area contributed by atoms with E-state index in [-0.39, 0.29) is 0 Å². The largest absolute Gasteiger partial charge is 0.193 e. The molecule has 0 aliphatic rings. The van der Waals surface area contributed by atoms with E-state index >= 15 is 0 Å². The van der Waals surface area contributed by atoms with Crippen LogP contribution in [0.15, 0.2) is 58.3 Å². The van der Waals surface area contributed by atoms with Crippen LogP contribution in [0.4, 0.5) is 0 Å². The highest BCUT2D eigenvalue weighted by atomic mass is 32.3. The van der Waals surface area contributed by atoms with Gasteiger partial charge in [-0.05, 0) is 58.4 Å². The molecule has 0 heterocycles. The van der Waals surface area contributed by atoms with Gasteiger partial charge in [-0.1, -0.05) is 50.2 Å². The van der Waals surface area contributed by atoms with Gasteiger partial charge in [0.1, 0.15) is 0 Å². The van der Waals surface area contributed by atoms with E-state index in [1.165, 1.54) is 20.9 Å². The molecule has 0 saturated heterocycles. The monoisotopic (exact) mass is 272 g/mol. The summed E-state index contributed by atoms with van der Waals surface area (Å²) in [6, 6.07) is 17.7. The Balaban J connectivity index is 2.60. The SMILES string of the molecule is Cc1ccccc1S(C)(C)c1ccccc1C(C)C. The van der Waals surface area contributed by atoms with Gasteiger partial charge in [0.05, 0.1) is 0 Å². The normalized spacial score (nSPS) is 12.7. The summed E-state index contributed by atoms with van der Waals surface area (Å²) in [6.45, 7) is 6.79. The first kappa shape index (κ1) is 14.2. The molecular weight excluding hydrogens is 248 g/mol. The van der Waals surface area contributed by atoms with E-state index < -0.39 is 10.0 Å². The Bertz CT molecular complexity index is 567. The van der Waals surface area contributed by atoms with Crippen molar-refractivity contribution in [3.05, 3.63) is 59.7 Å². The summed E-state index contributed by atoms with van der Waals surface area (Å²) in [4.78, 5) is 3.03. The molecule has 0 bridgehead atoms. The summed E-state index contributed by atoms with van der Waals surface area (Å²) in [7, 11) is -0.945. The van der Waals surface area contributed by atoms with E-state index in [9.17, 15) is 0 Å². The molecule has 0 aromatic heterocycles. The lowest BCUT2D eigenvalue weighted by Crippen LogP contribution is -2.04. The van der Waals surface area contributed by atoms with Crippen molar-refractivity contribution < 1.29 is 0 Å². The molecule has 1 heteroatoms. The van der Waals surface area contributed by atoms with Gasteiger partial charge >= 0.3 is 0 Å². The van der Waals surface area contributed by atoms with Crippen LogP contribution in [0.2, 0.25) is 0 Å². The molecule has 2 aromatic rings. The Kier molecular flexibility index (Phi) is 4.05. The van der Waals surface area contributed by atoms with Gasteiger partial charge in [-0.15, -0.1) is 0 Å². The zero-order chi connectivity index (χ0) is 14.0. The van der Waals surface area contributed by atoms with E-state index in [2.05, 4.69) is 81.8 Å². The molecule has 0 N–H and O–H groups in total. The topological polar surface area (TPSA) is 0 Å². The van der Waals surface area contributed by atoms with Crippen LogP contribution in [0.3, 0.4) is 0 Å². The van der Waals surface area contributed by atoms with Crippen LogP contribution in [-0.4, -0.2) is 12.5 Å². The highest BCUT2D eigenvalue weighted by Gasteiger charge is 2.22. The van der Waals surface area contributed by atoms with E-state index in [0.29, 0.717) is 5.92 Å². The van der Waals surface area contributed by atoms with Crippen molar-refractivity contribution in [1.29, 1.82) is 0 Å². The number of hydrogen-bond acceptors (Lipinski definition) is 0. The summed E-state index contributed by atoms with van der Waals surface area (Å²) in [5, 5.41) is 0. The molecule has 19 heavy (non-hydrogen) atoms. The summed E-state index contributed by atoms with van der Waals surface area (Å²) >= 11 is 0. The number of hydrogen-bond donors (Lipinski definition) is 0. The van der Waals surface area contributed by atoms with E-state index in [0.717, 1.165) is 0 Å². The summed E-state index contributed by atoms with van der Waals surface area (Å²) in [5.74, 6) is 0.576. The van der Waals surface area contributed by atoms with E-state index in [1.54, 1.807) is 0 Å². The van der Waals surface area contributed by atoms with Crippen molar-refractivity contribution in [2.24, 2.45) is 0 Å². The van der Waals surface area contributed by atoms with Crippen molar-refractivity contribution in [2.45, 2.75) is 36.5 Å². The van der Waals surface area contributed by atoms with E-state index in [1.807, 2.05) is 0 Å². The molecule has 0 radical (unpaired) electrons. The van der Waals surface area contributed by atoms with Crippen LogP contribution >= 0.6 is 10.0 Å². The minimum Gasteiger partial charge on any atom is -0.193 e. The molecule has 102 valence electrons. The number of benzene rings is 2. The van der Waals surface area contributed by atoms with E-state index in [4.69, 9.17) is 0 Å². The average Bonchev–Trinajstić information content (AvgIpc) is 2.39. The maximum atomic E-state index is 2.41. The standard InChI is InChI=1S/C18H24S/c1-14(2)16-11-7-9-13-18(16)19(4,5)17-12-8-6-10-15(17)3/h6-14H,1-5H3. The molecule has 0 nitrogen and oxygen atoms in total. The Morgan fingerprint density at radius 2 is 1.32 bits per heavy atom. The molecule has 2 rings (SSSR count). The maximum Gasteiger partial charge on any atom is -0.00292 e. The predicted molar refractivity (Wildman–Crippen MR) is 87.7 cm³/mol. The lowest BCUT2D eigenvalue weighted by molar-refractivity contribution is 0.840. The molecule has 0 spiro atoms. The fourth-order valence-corrected chi connectivity index (χ4v) is 5.51. The van der Waals surface area contributed by atoms with Crippen LogP contribution in [0.1, 0.15) is 30.9 Å². The molecule has 0 unspecified atom stereocenters. The second kappa shape index (κ2) is 5.42. The second-order valence-electron chi connectivity index (χ2n) is 5.78. The van der Waals surface area contributed by atoms with Gasteiger partial charge in [-0.3, -0.25) is 0 Å². The molecule has 0 fully saturated rings. The fraction of sp³-hybridized carbons (Fsp3) is 0.333. The summed E-state index contributed by atoms with van der Waals surface area (Å²) in [6.07, 6.45) is 4.83. The zero-order valence-electron chi connectivity index (χ0n) is 12.6. The van der Waals surface area contributed by atoms with Gasteiger partial charge in [0.15, 0.2) is 0 Å². The first-order valence-electron chi connectivity index (χ1n) is 6.82. The smallest absolute Gasteiger partial charge is 0.00292 e. The highest BCUT2D eigenvalue weighted by Crippen LogP contribution is 2.59. The lowest BCUT2D eigenvalue weighted by atomic mass is 10.0. The minimum absolute atomic E-state index is 0.576. The van der Waals surface area contributed by atoms with Crippen LogP contribution in [0.25, 0.3) is 0 Å². The van der Waals surface area contributed by atoms with Gasteiger partial charge < -0.3 is 0 Å². The number of aryl methyl sites for hydroxylation is 1. The first-order valence-corrected chi connectivity index (χ1v) is 9.27. The molecular formula is C18H24S. The predicted octanol–water partition coefficient (Wildman–Crippen LogP) is 5.60. The van der Waals surface area contributed by atoms with Gasteiger partial charge in [0, 0.05) is 0 Å². The minimum atomic E-state index is -0.945. The number of rotatable bonds is 3. The summed E-state index contributed by atoms with van der Waals surface area (Å²) in [5.41, 5.74) is 2.90. The lowest BCUT2D eigenvalue weighted by Gasteiger charge is -2.36. The fourth-order valence-electron chi connectivity index (χ4n) is 2.67. The van der Waals surface area contributed by atoms with Crippen LogP contribution in [-0.2, 0) is 0 Å². The van der Waals surface area contributed by atoms with Gasteiger partial charge in [0.25, 0.3) is 0 Å².